The first-order valence-electron chi connectivity index (χ1n) is 14.4. The number of piperidine rings is 1. The standard InChI is InChI=1S/C31H44N2O7S/c1-31(2,3)40-30(36)33-19-16-25(17-20-33)11-7-8-21-39-27-14-12-26(13-15-27)23-28(29(34)35)32-41(37,38)22-18-24-9-5-4-6-10-24/h4-6,9-10,12-15,25,28,32H,7-8,11,16-23H2,1-3H3,(H,34,35). The van der Waals surface area contributed by atoms with E-state index in [9.17, 15) is 23.1 Å². The average molecular weight is 589 g/mol. The molecule has 226 valence electrons. The van der Waals surface area contributed by atoms with E-state index in [1.807, 2.05) is 51.1 Å². The van der Waals surface area contributed by atoms with Crippen molar-refractivity contribution < 1.29 is 32.6 Å². The second kappa shape index (κ2) is 15.2. The minimum absolute atomic E-state index is 0.0346. The van der Waals surface area contributed by atoms with Crippen LogP contribution in [0.4, 0.5) is 4.79 Å². The number of benzene rings is 2. The van der Waals surface area contributed by atoms with Crippen LogP contribution < -0.4 is 9.46 Å². The zero-order valence-corrected chi connectivity index (χ0v) is 25.2. The number of carboxylic acid groups (broad SMARTS) is 1. The fraction of sp³-hybridized carbons (Fsp3) is 0.548. The number of unbranched alkanes of at least 4 members (excludes halogenated alkanes) is 1. The van der Waals surface area contributed by atoms with Gasteiger partial charge in [0.15, 0.2) is 0 Å². The van der Waals surface area contributed by atoms with Crippen LogP contribution in [-0.4, -0.2) is 67.6 Å². The Bertz CT molecular complexity index is 1200. The molecule has 1 heterocycles. The van der Waals surface area contributed by atoms with Crippen LogP contribution >= 0.6 is 0 Å². The SMILES string of the molecule is CC(C)(C)OC(=O)N1CCC(CCCCOc2ccc(CC(NS(=O)(=O)CCc3ccccc3)C(=O)O)cc2)CC1. The first-order chi connectivity index (χ1) is 19.4. The maximum atomic E-state index is 12.5. The first-order valence-corrected chi connectivity index (χ1v) is 16.0. The van der Waals surface area contributed by atoms with Gasteiger partial charge >= 0.3 is 12.1 Å². The van der Waals surface area contributed by atoms with Crippen LogP contribution in [0, 0.1) is 5.92 Å². The summed E-state index contributed by atoms with van der Waals surface area (Å²) in [6, 6.07) is 15.1. The number of carbonyl (C=O) groups is 2. The van der Waals surface area contributed by atoms with Gasteiger partial charge in [0, 0.05) is 13.1 Å². The van der Waals surface area contributed by atoms with Crippen LogP contribution in [-0.2, 0) is 32.4 Å². The highest BCUT2D eigenvalue weighted by atomic mass is 32.2. The number of hydrogen-bond acceptors (Lipinski definition) is 6. The number of amides is 1. The van der Waals surface area contributed by atoms with Gasteiger partial charge in [0.2, 0.25) is 10.0 Å². The Hall–Kier alpha value is -3.11. The van der Waals surface area contributed by atoms with Gasteiger partial charge in [-0.05, 0) is 88.5 Å². The van der Waals surface area contributed by atoms with Gasteiger partial charge in [0.25, 0.3) is 0 Å². The number of likely N-dealkylation sites (tertiary alicyclic amines) is 1. The van der Waals surface area contributed by atoms with E-state index in [2.05, 4.69) is 4.72 Å². The van der Waals surface area contributed by atoms with Gasteiger partial charge in [-0.25, -0.2) is 17.9 Å². The lowest BCUT2D eigenvalue weighted by molar-refractivity contribution is -0.138. The molecule has 41 heavy (non-hydrogen) atoms. The van der Waals surface area contributed by atoms with E-state index in [1.54, 1.807) is 29.2 Å². The molecule has 0 aromatic heterocycles. The van der Waals surface area contributed by atoms with Crippen molar-refractivity contribution in [3.05, 3.63) is 65.7 Å². The molecule has 2 aromatic carbocycles. The molecule has 9 nitrogen and oxygen atoms in total. The third-order valence-electron chi connectivity index (χ3n) is 7.03. The number of sulfonamides is 1. The predicted octanol–water partition coefficient (Wildman–Crippen LogP) is 5.04. The highest BCUT2D eigenvalue weighted by Crippen LogP contribution is 2.24. The topological polar surface area (TPSA) is 122 Å². The van der Waals surface area contributed by atoms with Crippen molar-refractivity contribution in [1.82, 2.24) is 9.62 Å². The lowest BCUT2D eigenvalue weighted by atomic mass is 9.92. The molecule has 1 atom stereocenters. The van der Waals surface area contributed by atoms with Crippen molar-refractivity contribution in [2.75, 3.05) is 25.4 Å². The summed E-state index contributed by atoms with van der Waals surface area (Å²) in [7, 11) is -3.77. The van der Waals surface area contributed by atoms with Crippen LogP contribution in [0.25, 0.3) is 0 Å². The van der Waals surface area contributed by atoms with E-state index >= 15 is 0 Å². The molecular weight excluding hydrogens is 544 g/mol. The van der Waals surface area contributed by atoms with Crippen molar-refractivity contribution >= 4 is 22.1 Å². The zero-order valence-electron chi connectivity index (χ0n) is 24.4. The highest BCUT2D eigenvalue weighted by Gasteiger charge is 2.27. The van der Waals surface area contributed by atoms with Crippen LogP contribution in [0.1, 0.15) is 64.0 Å². The third kappa shape index (κ3) is 12.1. The van der Waals surface area contributed by atoms with Gasteiger partial charge in [-0.1, -0.05) is 48.9 Å². The Morgan fingerprint density at radius 3 is 2.27 bits per heavy atom. The molecule has 10 heteroatoms. The summed E-state index contributed by atoms with van der Waals surface area (Å²) in [5, 5.41) is 9.60. The minimum Gasteiger partial charge on any atom is -0.494 e. The van der Waals surface area contributed by atoms with Gasteiger partial charge in [-0.2, -0.15) is 0 Å². The van der Waals surface area contributed by atoms with Gasteiger partial charge in [-0.15, -0.1) is 0 Å². The van der Waals surface area contributed by atoms with Gasteiger partial charge in [0.1, 0.15) is 17.4 Å². The Labute approximate surface area is 244 Å². The molecule has 2 aromatic rings. The molecule has 0 saturated carbocycles. The normalized spacial score (nSPS) is 15.3. The minimum atomic E-state index is -3.77. The van der Waals surface area contributed by atoms with Crippen LogP contribution in [0.5, 0.6) is 5.75 Å². The Morgan fingerprint density at radius 2 is 1.66 bits per heavy atom. The molecule has 2 N–H and O–H groups in total. The zero-order chi connectivity index (χ0) is 29.9. The lowest BCUT2D eigenvalue weighted by Gasteiger charge is -2.33. The van der Waals surface area contributed by atoms with Gasteiger partial charge < -0.3 is 19.5 Å². The number of aryl methyl sites for hydroxylation is 1. The number of hydrogen-bond donors (Lipinski definition) is 2. The van der Waals surface area contributed by atoms with Gasteiger partial charge in [0.05, 0.1) is 12.4 Å². The van der Waals surface area contributed by atoms with Crippen molar-refractivity contribution in [1.29, 1.82) is 0 Å². The third-order valence-corrected chi connectivity index (χ3v) is 8.41. The monoisotopic (exact) mass is 588 g/mol. The van der Waals surface area contributed by atoms with Crippen molar-refractivity contribution in [2.45, 2.75) is 77.4 Å². The number of carbonyl (C=O) groups excluding carboxylic acids is 1. The van der Waals surface area contributed by atoms with Crippen LogP contribution in [0.15, 0.2) is 54.6 Å². The van der Waals surface area contributed by atoms with Crippen molar-refractivity contribution in [3.8, 4) is 5.75 Å². The molecule has 1 fully saturated rings. The van der Waals surface area contributed by atoms with E-state index in [0.717, 1.165) is 50.8 Å². The van der Waals surface area contributed by atoms with Gasteiger partial charge in [-0.3, -0.25) is 4.79 Å². The van der Waals surface area contributed by atoms with E-state index in [4.69, 9.17) is 9.47 Å². The summed E-state index contributed by atoms with van der Waals surface area (Å²) in [5.74, 6) is -0.108. The summed E-state index contributed by atoms with van der Waals surface area (Å²) in [6.45, 7) is 7.69. The van der Waals surface area contributed by atoms with Crippen molar-refractivity contribution in [2.24, 2.45) is 5.92 Å². The molecule has 0 radical (unpaired) electrons. The van der Waals surface area contributed by atoms with Crippen LogP contribution in [0.3, 0.4) is 0 Å². The van der Waals surface area contributed by atoms with E-state index < -0.39 is 27.6 Å². The van der Waals surface area contributed by atoms with Crippen LogP contribution in [0.2, 0.25) is 0 Å². The Balaban J connectivity index is 1.34. The summed E-state index contributed by atoms with van der Waals surface area (Å²) < 4.78 is 38.7. The number of carboxylic acids is 1. The Kier molecular flexibility index (Phi) is 12.0. The number of nitrogens with one attached hydrogen (secondary N) is 1. The first kappa shape index (κ1) is 32.4. The number of aliphatic carboxylic acids is 1. The quantitative estimate of drug-likeness (QED) is 0.297. The fourth-order valence-corrected chi connectivity index (χ4v) is 6.01. The summed E-state index contributed by atoms with van der Waals surface area (Å²) in [6.07, 6.45) is 5.15. The largest absolute Gasteiger partial charge is 0.494 e. The molecule has 3 rings (SSSR count). The molecule has 1 aliphatic heterocycles. The summed E-state index contributed by atoms with van der Waals surface area (Å²) in [4.78, 5) is 25.8. The molecule has 0 bridgehead atoms. The fourth-order valence-electron chi connectivity index (χ4n) is 4.77. The number of nitrogens with zero attached hydrogens (tertiary/aromatic N) is 1. The van der Waals surface area contributed by atoms with E-state index in [0.29, 0.717) is 30.3 Å². The molecule has 1 aliphatic rings. The average Bonchev–Trinajstić information content (AvgIpc) is 2.92. The smallest absolute Gasteiger partial charge is 0.410 e. The maximum Gasteiger partial charge on any atom is 0.410 e. The predicted molar refractivity (Wildman–Crippen MR) is 159 cm³/mol. The Morgan fingerprint density at radius 1 is 1.00 bits per heavy atom. The molecular formula is C31H44N2O7S. The molecule has 1 saturated heterocycles. The molecule has 0 spiro atoms. The lowest BCUT2D eigenvalue weighted by Crippen LogP contribution is -2.43. The van der Waals surface area contributed by atoms with E-state index in [-0.39, 0.29) is 18.3 Å². The highest BCUT2D eigenvalue weighted by molar-refractivity contribution is 7.89. The summed E-state index contributed by atoms with van der Waals surface area (Å²) in [5.41, 5.74) is 1.10. The molecule has 1 amide bonds. The van der Waals surface area contributed by atoms with Crippen molar-refractivity contribution in [3.63, 3.8) is 0 Å². The maximum absolute atomic E-state index is 12.5. The number of rotatable bonds is 14. The second-order valence-corrected chi connectivity index (χ2v) is 13.5. The summed E-state index contributed by atoms with van der Waals surface area (Å²) >= 11 is 0. The number of ether oxygens (including phenoxy) is 2. The van der Waals surface area contributed by atoms with E-state index in [1.165, 1.54) is 0 Å². The molecule has 1 unspecified atom stereocenters. The molecule has 0 aliphatic carbocycles. The second-order valence-electron chi connectivity index (χ2n) is 11.7.